The zero-order valence-corrected chi connectivity index (χ0v) is 16.5. The van der Waals surface area contributed by atoms with E-state index in [1.54, 1.807) is 10.8 Å². The van der Waals surface area contributed by atoms with Gasteiger partial charge in [0.15, 0.2) is 11.5 Å². The van der Waals surface area contributed by atoms with Crippen LogP contribution in [0.25, 0.3) is 11.3 Å². The van der Waals surface area contributed by atoms with Gasteiger partial charge in [0, 0.05) is 21.0 Å². The number of nitrogens with zero attached hydrogens (tertiary/aromatic N) is 3. The Morgan fingerprint density at radius 3 is 2.63 bits per heavy atom. The first-order chi connectivity index (χ1) is 13.0. The SMILES string of the molecule is C=CCN=c1scc(-c2ccccc2Br)n1N=Cc1ccc(O)c(O)c1O. The molecule has 6 nitrogen and oxygen atoms in total. The van der Waals surface area contributed by atoms with E-state index in [1.165, 1.54) is 29.7 Å². The topological polar surface area (TPSA) is 90.3 Å². The van der Waals surface area contributed by atoms with Gasteiger partial charge in [0.1, 0.15) is 0 Å². The summed E-state index contributed by atoms with van der Waals surface area (Å²) in [6.45, 7) is 4.12. The molecule has 3 aromatic rings. The monoisotopic (exact) mass is 445 g/mol. The highest BCUT2D eigenvalue weighted by atomic mass is 79.9. The molecule has 27 heavy (non-hydrogen) atoms. The van der Waals surface area contributed by atoms with Gasteiger partial charge >= 0.3 is 0 Å². The summed E-state index contributed by atoms with van der Waals surface area (Å²) in [6, 6.07) is 10.5. The van der Waals surface area contributed by atoms with Crippen molar-refractivity contribution in [2.75, 3.05) is 6.54 Å². The lowest BCUT2D eigenvalue weighted by Gasteiger charge is -2.06. The van der Waals surface area contributed by atoms with Gasteiger partial charge < -0.3 is 15.3 Å². The maximum atomic E-state index is 10.00. The van der Waals surface area contributed by atoms with Gasteiger partial charge in [0.2, 0.25) is 10.6 Å². The van der Waals surface area contributed by atoms with Crippen LogP contribution < -0.4 is 4.80 Å². The van der Waals surface area contributed by atoms with Crippen molar-refractivity contribution in [3.05, 3.63) is 69.3 Å². The summed E-state index contributed by atoms with van der Waals surface area (Å²) in [5.74, 6) is -1.43. The quantitative estimate of drug-likeness (QED) is 0.314. The fourth-order valence-electron chi connectivity index (χ4n) is 2.33. The summed E-state index contributed by atoms with van der Waals surface area (Å²) in [4.78, 5) is 5.10. The third-order valence-corrected chi connectivity index (χ3v) is 5.21. The van der Waals surface area contributed by atoms with Crippen molar-refractivity contribution in [3.63, 3.8) is 0 Å². The second kappa shape index (κ2) is 8.24. The molecular weight excluding hydrogens is 430 g/mol. The van der Waals surface area contributed by atoms with Crippen molar-refractivity contribution in [1.29, 1.82) is 0 Å². The first kappa shape index (κ1) is 18.9. The number of benzene rings is 2. The predicted molar refractivity (Wildman–Crippen MR) is 111 cm³/mol. The maximum Gasteiger partial charge on any atom is 0.206 e. The molecule has 0 bridgehead atoms. The van der Waals surface area contributed by atoms with Crippen LogP contribution in [0, 0.1) is 0 Å². The Labute approximate surface area is 167 Å². The lowest BCUT2D eigenvalue weighted by molar-refractivity contribution is 0.367. The summed E-state index contributed by atoms with van der Waals surface area (Å²) in [5, 5.41) is 35.5. The van der Waals surface area contributed by atoms with Crippen molar-refractivity contribution >= 4 is 33.5 Å². The molecule has 0 amide bonds. The average molecular weight is 446 g/mol. The van der Waals surface area contributed by atoms with E-state index in [9.17, 15) is 15.3 Å². The Morgan fingerprint density at radius 1 is 1.11 bits per heavy atom. The second-order valence-corrected chi connectivity index (χ2v) is 7.13. The zero-order chi connectivity index (χ0) is 19.4. The summed E-state index contributed by atoms with van der Waals surface area (Å²) < 4.78 is 2.56. The van der Waals surface area contributed by atoms with Crippen LogP contribution >= 0.6 is 27.3 Å². The fourth-order valence-corrected chi connectivity index (χ4v) is 3.65. The average Bonchev–Trinajstić information content (AvgIpc) is 3.07. The van der Waals surface area contributed by atoms with Gasteiger partial charge in [-0.05, 0) is 18.2 Å². The van der Waals surface area contributed by atoms with E-state index in [0.29, 0.717) is 11.3 Å². The van der Waals surface area contributed by atoms with Crippen molar-refractivity contribution < 1.29 is 15.3 Å². The Morgan fingerprint density at radius 2 is 1.89 bits per heavy atom. The van der Waals surface area contributed by atoms with E-state index in [0.717, 1.165) is 15.7 Å². The molecule has 0 aliphatic rings. The normalized spacial score (nSPS) is 12.0. The second-order valence-electron chi connectivity index (χ2n) is 5.44. The minimum Gasteiger partial charge on any atom is -0.504 e. The van der Waals surface area contributed by atoms with Gasteiger partial charge in [-0.2, -0.15) is 5.10 Å². The van der Waals surface area contributed by atoms with Gasteiger partial charge in [-0.1, -0.05) is 40.2 Å². The molecule has 3 N–H and O–H groups in total. The van der Waals surface area contributed by atoms with Gasteiger partial charge in [0.05, 0.1) is 18.5 Å². The first-order valence-electron chi connectivity index (χ1n) is 7.88. The van der Waals surface area contributed by atoms with Gasteiger partial charge in [-0.25, -0.2) is 4.68 Å². The molecule has 0 aliphatic carbocycles. The van der Waals surface area contributed by atoms with E-state index in [1.807, 2.05) is 29.6 Å². The number of hydrogen-bond donors (Lipinski definition) is 3. The number of rotatable bonds is 5. The molecular formula is C19H16BrN3O3S. The van der Waals surface area contributed by atoms with Crippen LogP contribution in [0.4, 0.5) is 0 Å². The van der Waals surface area contributed by atoms with Crippen LogP contribution in [0.5, 0.6) is 17.2 Å². The number of aromatic nitrogens is 1. The minimum atomic E-state index is -0.586. The molecule has 1 aromatic heterocycles. The third kappa shape index (κ3) is 3.96. The highest BCUT2D eigenvalue weighted by Crippen LogP contribution is 2.36. The number of phenolic OH excluding ortho intramolecular Hbond substituents is 3. The molecule has 0 spiro atoms. The number of hydrogen-bond acceptors (Lipinski definition) is 6. The van der Waals surface area contributed by atoms with Crippen molar-refractivity contribution in [2.24, 2.45) is 10.1 Å². The van der Waals surface area contributed by atoms with Gasteiger partial charge in [-0.15, -0.1) is 17.9 Å². The number of halogens is 1. The molecule has 0 saturated heterocycles. The molecule has 0 aliphatic heterocycles. The van der Waals surface area contributed by atoms with Gasteiger partial charge in [-0.3, -0.25) is 4.99 Å². The molecule has 3 rings (SSSR count). The highest BCUT2D eigenvalue weighted by Gasteiger charge is 2.12. The van der Waals surface area contributed by atoms with E-state index in [4.69, 9.17) is 0 Å². The molecule has 0 fully saturated rings. The van der Waals surface area contributed by atoms with Crippen LogP contribution in [0.1, 0.15) is 5.56 Å². The molecule has 0 radical (unpaired) electrons. The molecule has 0 saturated carbocycles. The molecule has 138 valence electrons. The van der Waals surface area contributed by atoms with Gasteiger partial charge in [0.25, 0.3) is 0 Å². The lowest BCUT2D eigenvalue weighted by Crippen LogP contribution is -2.12. The molecule has 1 heterocycles. The zero-order valence-electron chi connectivity index (χ0n) is 14.1. The summed E-state index contributed by atoms with van der Waals surface area (Å²) in [5.41, 5.74) is 2.01. The van der Waals surface area contributed by atoms with Crippen LogP contribution in [0.3, 0.4) is 0 Å². The van der Waals surface area contributed by atoms with Crippen LogP contribution in [0.2, 0.25) is 0 Å². The largest absolute Gasteiger partial charge is 0.504 e. The minimum absolute atomic E-state index is 0.261. The van der Waals surface area contributed by atoms with E-state index >= 15 is 0 Å². The standard InChI is InChI=1S/C19H16BrN3O3S/c1-2-9-21-19-23(15(11-27-19)13-5-3-4-6-14(13)20)22-10-12-7-8-16(24)18(26)17(12)25/h2-8,10-11,24-26H,1,9H2. The molecule has 0 unspecified atom stereocenters. The number of thiazole rings is 1. The fraction of sp³-hybridized carbons (Fsp3) is 0.0526. The molecule has 0 atom stereocenters. The van der Waals surface area contributed by atoms with E-state index in [2.05, 4.69) is 32.6 Å². The molecule has 2 aromatic carbocycles. The van der Waals surface area contributed by atoms with Crippen LogP contribution in [-0.4, -0.2) is 32.8 Å². The number of aromatic hydroxyl groups is 3. The van der Waals surface area contributed by atoms with Crippen molar-refractivity contribution in [3.8, 4) is 28.5 Å². The molecule has 8 heteroatoms. The third-order valence-electron chi connectivity index (χ3n) is 3.66. The summed E-state index contributed by atoms with van der Waals surface area (Å²) >= 11 is 4.97. The predicted octanol–water partition coefficient (Wildman–Crippen LogP) is 4.06. The highest BCUT2D eigenvalue weighted by molar-refractivity contribution is 9.10. The van der Waals surface area contributed by atoms with E-state index < -0.39 is 17.2 Å². The van der Waals surface area contributed by atoms with Crippen LogP contribution in [0.15, 0.2) is 69.0 Å². The smallest absolute Gasteiger partial charge is 0.206 e. The Bertz CT molecular complexity index is 1090. The van der Waals surface area contributed by atoms with E-state index in [-0.39, 0.29) is 5.56 Å². The van der Waals surface area contributed by atoms with Crippen LogP contribution in [-0.2, 0) is 0 Å². The summed E-state index contributed by atoms with van der Waals surface area (Å²) in [6.07, 6.45) is 3.09. The lowest BCUT2D eigenvalue weighted by atomic mass is 10.2. The Balaban J connectivity index is 2.13. The maximum absolute atomic E-state index is 10.00. The first-order valence-corrected chi connectivity index (χ1v) is 9.55. The Kier molecular flexibility index (Phi) is 5.78. The van der Waals surface area contributed by atoms with Crippen molar-refractivity contribution in [2.45, 2.75) is 0 Å². The number of phenols is 3. The Hall–Kier alpha value is -2.84. The summed E-state index contributed by atoms with van der Waals surface area (Å²) in [7, 11) is 0. The van der Waals surface area contributed by atoms with Crippen molar-refractivity contribution in [1.82, 2.24) is 4.68 Å².